The molecule has 0 unspecified atom stereocenters. The largest absolute Gasteiger partial charge is 0.385 e. The van der Waals surface area contributed by atoms with Gasteiger partial charge in [-0.1, -0.05) is 58.5 Å². The molecule has 1 aliphatic rings. The number of rotatable bonds is 8. The Labute approximate surface area is 189 Å². The second-order valence-electron chi connectivity index (χ2n) is 6.53. The van der Waals surface area contributed by atoms with Gasteiger partial charge >= 0.3 is 0 Å². The Kier molecular flexibility index (Phi) is 8.45. The van der Waals surface area contributed by atoms with E-state index in [1.807, 2.05) is 0 Å². The van der Waals surface area contributed by atoms with Crippen molar-refractivity contribution in [3.63, 3.8) is 0 Å². The van der Waals surface area contributed by atoms with Crippen LogP contribution in [-0.2, 0) is 32.2 Å². The summed E-state index contributed by atoms with van der Waals surface area (Å²) in [7, 11) is 1.46. The highest BCUT2D eigenvalue weighted by atomic mass is 35.5. The normalized spacial score (nSPS) is 24.2. The quantitative estimate of drug-likeness (QED) is 0.566. The third-order valence-electron chi connectivity index (χ3n) is 4.52. The second-order valence-corrected chi connectivity index (χ2v) is 8.22. The minimum atomic E-state index is -0.973. The van der Waals surface area contributed by atoms with E-state index in [1.165, 1.54) is 7.11 Å². The third kappa shape index (κ3) is 5.97. The lowest BCUT2D eigenvalue weighted by atomic mass is 10.1. The van der Waals surface area contributed by atoms with Crippen LogP contribution in [0, 0.1) is 0 Å². The first-order valence-electron chi connectivity index (χ1n) is 8.82. The first-order valence-corrected chi connectivity index (χ1v) is 10.3. The summed E-state index contributed by atoms with van der Waals surface area (Å²) in [4.78, 5) is 0. The van der Waals surface area contributed by atoms with E-state index in [4.69, 9.17) is 65.4 Å². The fraction of sp³-hybridized carbons (Fsp3) is 0.400. The maximum atomic E-state index is 10.5. The maximum absolute atomic E-state index is 10.5. The SMILES string of the molecule is CO[C@H]1O[C@H](COCc2ccc(Cl)cc2Cl)[C@@H](OCc2ccc(Cl)cc2Cl)[C@H]1O. The van der Waals surface area contributed by atoms with Crippen LogP contribution in [0.1, 0.15) is 11.1 Å². The molecular formula is C20H20Cl4O5. The Hall–Kier alpha value is -0.600. The summed E-state index contributed by atoms with van der Waals surface area (Å²) in [6.07, 6.45) is -2.98. The van der Waals surface area contributed by atoms with Crippen molar-refractivity contribution in [1.29, 1.82) is 0 Å². The number of hydrogen-bond acceptors (Lipinski definition) is 5. The molecular weight excluding hydrogens is 462 g/mol. The summed E-state index contributed by atoms with van der Waals surface area (Å²) in [6.45, 7) is 0.616. The highest BCUT2D eigenvalue weighted by Gasteiger charge is 2.45. The van der Waals surface area contributed by atoms with Crippen molar-refractivity contribution < 1.29 is 24.1 Å². The molecule has 0 radical (unpaired) electrons. The van der Waals surface area contributed by atoms with Crippen molar-refractivity contribution in [2.45, 2.75) is 37.8 Å². The van der Waals surface area contributed by atoms with Crippen LogP contribution in [0.15, 0.2) is 36.4 Å². The molecule has 0 spiro atoms. The van der Waals surface area contributed by atoms with E-state index < -0.39 is 24.6 Å². The highest BCUT2D eigenvalue weighted by molar-refractivity contribution is 6.35. The first-order chi connectivity index (χ1) is 13.9. The lowest BCUT2D eigenvalue weighted by molar-refractivity contribution is -0.156. The zero-order valence-electron chi connectivity index (χ0n) is 15.5. The van der Waals surface area contributed by atoms with Gasteiger partial charge in [0.2, 0.25) is 0 Å². The van der Waals surface area contributed by atoms with E-state index in [9.17, 15) is 5.11 Å². The molecule has 1 saturated heterocycles. The lowest BCUT2D eigenvalue weighted by Gasteiger charge is -2.21. The van der Waals surface area contributed by atoms with Gasteiger partial charge in [0.15, 0.2) is 6.29 Å². The number of aliphatic hydroxyl groups is 1. The number of benzene rings is 2. The van der Waals surface area contributed by atoms with Crippen LogP contribution in [0.5, 0.6) is 0 Å². The first kappa shape index (κ1) is 23.1. The average molecular weight is 482 g/mol. The molecule has 2 aromatic rings. The molecule has 0 aromatic heterocycles. The lowest BCUT2D eigenvalue weighted by Crippen LogP contribution is -2.37. The third-order valence-corrected chi connectivity index (χ3v) is 5.70. The Morgan fingerprint density at radius 2 is 1.52 bits per heavy atom. The van der Waals surface area contributed by atoms with Crippen LogP contribution in [0.3, 0.4) is 0 Å². The van der Waals surface area contributed by atoms with Gasteiger partial charge in [-0.15, -0.1) is 0 Å². The molecule has 158 valence electrons. The maximum Gasteiger partial charge on any atom is 0.186 e. The minimum Gasteiger partial charge on any atom is -0.385 e. The summed E-state index contributed by atoms with van der Waals surface area (Å²) in [5.41, 5.74) is 1.54. The van der Waals surface area contributed by atoms with E-state index in [0.29, 0.717) is 20.1 Å². The summed E-state index contributed by atoms with van der Waals surface area (Å²) < 4.78 is 22.6. The topological polar surface area (TPSA) is 57.2 Å². The van der Waals surface area contributed by atoms with E-state index in [2.05, 4.69) is 0 Å². The van der Waals surface area contributed by atoms with Crippen molar-refractivity contribution in [1.82, 2.24) is 0 Å². The number of hydrogen-bond donors (Lipinski definition) is 1. The van der Waals surface area contributed by atoms with Crippen LogP contribution in [-0.4, -0.2) is 43.4 Å². The van der Waals surface area contributed by atoms with Gasteiger partial charge in [0.25, 0.3) is 0 Å². The van der Waals surface area contributed by atoms with E-state index >= 15 is 0 Å². The predicted octanol–water partition coefficient (Wildman–Crippen LogP) is 5.13. The fourth-order valence-electron chi connectivity index (χ4n) is 2.99. The zero-order valence-corrected chi connectivity index (χ0v) is 18.5. The molecule has 5 nitrogen and oxygen atoms in total. The van der Waals surface area contributed by atoms with Crippen LogP contribution in [0.4, 0.5) is 0 Å². The molecule has 0 saturated carbocycles. The van der Waals surface area contributed by atoms with Crippen molar-refractivity contribution in [2.75, 3.05) is 13.7 Å². The molecule has 1 aliphatic heterocycles. The zero-order chi connectivity index (χ0) is 21.0. The molecule has 1 N–H and O–H groups in total. The molecule has 4 atom stereocenters. The minimum absolute atomic E-state index is 0.175. The molecule has 0 amide bonds. The number of aliphatic hydroxyl groups excluding tert-OH is 1. The fourth-order valence-corrected chi connectivity index (χ4v) is 3.91. The van der Waals surface area contributed by atoms with Gasteiger partial charge < -0.3 is 24.1 Å². The van der Waals surface area contributed by atoms with Gasteiger partial charge in [-0.3, -0.25) is 0 Å². The van der Waals surface area contributed by atoms with Gasteiger partial charge in [0.1, 0.15) is 18.3 Å². The Bertz CT molecular complexity index is 835. The molecule has 9 heteroatoms. The summed E-state index contributed by atoms with van der Waals surface area (Å²) in [5, 5.41) is 12.6. The van der Waals surface area contributed by atoms with Crippen LogP contribution in [0.25, 0.3) is 0 Å². The van der Waals surface area contributed by atoms with Gasteiger partial charge in [-0.05, 0) is 35.4 Å². The number of halogens is 4. The van der Waals surface area contributed by atoms with Crippen molar-refractivity contribution >= 4 is 46.4 Å². The van der Waals surface area contributed by atoms with Crippen molar-refractivity contribution in [3.8, 4) is 0 Å². The van der Waals surface area contributed by atoms with Gasteiger partial charge in [0, 0.05) is 27.2 Å². The highest BCUT2D eigenvalue weighted by Crippen LogP contribution is 2.28. The second kappa shape index (κ2) is 10.6. The predicted molar refractivity (Wildman–Crippen MR) is 113 cm³/mol. The van der Waals surface area contributed by atoms with Crippen LogP contribution >= 0.6 is 46.4 Å². The van der Waals surface area contributed by atoms with Crippen molar-refractivity contribution in [3.05, 3.63) is 67.6 Å². The smallest absolute Gasteiger partial charge is 0.186 e. The average Bonchev–Trinajstić information content (AvgIpc) is 2.98. The van der Waals surface area contributed by atoms with Crippen LogP contribution < -0.4 is 0 Å². The molecule has 29 heavy (non-hydrogen) atoms. The molecule has 1 fully saturated rings. The standard InChI is InChI=1S/C20H20Cl4O5/c1-26-20-18(25)19(28-9-12-3-5-14(22)7-16(12)24)17(29-20)10-27-8-11-2-4-13(21)6-15(11)23/h2-7,17-20,25H,8-10H2,1H3/t17-,18-,19-,20+/m1/s1. The van der Waals surface area contributed by atoms with E-state index in [-0.39, 0.29) is 19.8 Å². The van der Waals surface area contributed by atoms with Gasteiger partial charge in [-0.2, -0.15) is 0 Å². The van der Waals surface area contributed by atoms with Crippen molar-refractivity contribution in [2.24, 2.45) is 0 Å². The molecule has 3 rings (SSSR count). The summed E-state index contributed by atoms with van der Waals surface area (Å²) in [6, 6.07) is 10.3. The number of ether oxygens (including phenoxy) is 4. The van der Waals surface area contributed by atoms with Gasteiger partial charge in [0.05, 0.1) is 19.8 Å². The summed E-state index contributed by atoms with van der Waals surface area (Å²) >= 11 is 24.2. The van der Waals surface area contributed by atoms with Gasteiger partial charge in [-0.25, -0.2) is 0 Å². The van der Waals surface area contributed by atoms with E-state index in [0.717, 1.165) is 11.1 Å². The molecule has 2 aromatic carbocycles. The van der Waals surface area contributed by atoms with E-state index in [1.54, 1.807) is 36.4 Å². The molecule has 0 aliphatic carbocycles. The Morgan fingerprint density at radius 3 is 2.07 bits per heavy atom. The Morgan fingerprint density at radius 1 is 0.931 bits per heavy atom. The monoisotopic (exact) mass is 480 g/mol. The van der Waals surface area contributed by atoms with Crippen LogP contribution in [0.2, 0.25) is 20.1 Å². The molecule has 1 heterocycles. The Balaban J connectivity index is 1.60. The molecule has 0 bridgehead atoms. The number of methoxy groups -OCH3 is 1. The summed E-state index contributed by atoms with van der Waals surface area (Å²) in [5.74, 6) is 0.